The van der Waals surface area contributed by atoms with Gasteiger partial charge < -0.3 is 29.9 Å². The molecule has 11 heteroatoms. The fraction of sp³-hybridized carbons (Fsp3) is 0.170. The first kappa shape index (κ1) is 36.5. The summed E-state index contributed by atoms with van der Waals surface area (Å²) in [6, 6.07) is 34.8. The summed E-state index contributed by atoms with van der Waals surface area (Å²) in [5.41, 5.74) is 6.95. The monoisotopic (exact) mass is 770 g/mol. The number of aromatic nitrogens is 4. The van der Waals surface area contributed by atoms with Crippen molar-refractivity contribution in [3.63, 3.8) is 0 Å². The molecule has 1 aliphatic rings. The minimum absolute atomic E-state index is 0.0349. The molecule has 1 fully saturated rings. The Morgan fingerprint density at radius 2 is 1.07 bits per heavy atom. The predicted molar refractivity (Wildman–Crippen MR) is 224 cm³/mol. The third-order valence-electron chi connectivity index (χ3n) is 11.1. The van der Waals surface area contributed by atoms with E-state index in [-0.39, 0.29) is 18.0 Å². The number of fused-ring (bicyclic) bond motifs is 2. The van der Waals surface area contributed by atoms with Crippen molar-refractivity contribution in [3.05, 3.63) is 155 Å². The topological polar surface area (TPSA) is 127 Å². The van der Waals surface area contributed by atoms with Crippen LogP contribution in [0.1, 0.15) is 33.4 Å². The Balaban J connectivity index is 1.50. The molecule has 11 nitrogen and oxygen atoms in total. The van der Waals surface area contributed by atoms with E-state index in [4.69, 9.17) is 19.4 Å². The Morgan fingerprint density at radius 1 is 0.638 bits per heavy atom. The van der Waals surface area contributed by atoms with E-state index in [9.17, 15) is 15.0 Å². The third kappa shape index (κ3) is 5.81. The summed E-state index contributed by atoms with van der Waals surface area (Å²) in [4.78, 5) is 25.6. The van der Waals surface area contributed by atoms with Crippen molar-refractivity contribution in [2.24, 2.45) is 0 Å². The van der Waals surface area contributed by atoms with Gasteiger partial charge in [-0.25, -0.2) is 0 Å². The number of nitrogens with one attached hydrogen (secondary N) is 1. The largest absolute Gasteiger partial charge is 0.506 e. The zero-order valence-corrected chi connectivity index (χ0v) is 32.6. The van der Waals surface area contributed by atoms with E-state index in [0.717, 1.165) is 40.0 Å². The number of hydrogen-bond acceptors (Lipinski definition) is 8. The van der Waals surface area contributed by atoms with Crippen LogP contribution in [0.15, 0.2) is 122 Å². The number of benzene rings is 4. The number of pyridine rings is 2. The highest BCUT2D eigenvalue weighted by Crippen LogP contribution is 2.54. The standard InChI is InChI=1S/C47H42N6O5/c1-29-13-11-14-30(2)43(29)57-45-39(41-37(23-35(55)25-49-41)52(45)33-17-7-5-8-18-33)47(27-48-21-22-51(47)28-54)40-42-38(24-36(56)26-50-42)53(34-19-9-6-10-20-34)46(40)58-44-31(3)15-12-16-32(44)4/h5-20,23-26,28,48,55-56H,21-22,27H2,1-4H3. The van der Waals surface area contributed by atoms with Gasteiger partial charge in [0.25, 0.3) is 0 Å². The van der Waals surface area contributed by atoms with Crippen LogP contribution in [0.3, 0.4) is 0 Å². The molecule has 0 unspecified atom stereocenters. The molecule has 0 atom stereocenters. The number of aryl methyl sites for hydroxylation is 4. The smallest absolute Gasteiger partial charge is 0.213 e. The lowest BCUT2D eigenvalue weighted by Crippen LogP contribution is -2.59. The molecule has 4 aromatic carbocycles. The lowest BCUT2D eigenvalue weighted by molar-refractivity contribution is -0.124. The lowest BCUT2D eigenvalue weighted by Gasteiger charge is -2.46. The van der Waals surface area contributed by atoms with Crippen LogP contribution < -0.4 is 14.8 Å². The molecule has 9 rings (SSSR count). The average molecular weight is 771 g/mol. The minimum Gasteiger partial charge on any atom is -0.506 e. The quantitative estimate of drug-likeness (QED) is 0.124. The number of aromatic hydroxyl groups is 2. The van der Waals surface area contributed by atoms with Gasteiger partial charge in [0, 0.05) is 43.1 Å². The fourth-order valence-corrected chi connectivity index (χ4v) is 8.47. The van der Waals surface area contributed by atoms with Crippen LogP contribution in [0, 0.1) is 27.7 Å². The van der Waals surface area contributed by atoms with Crippen molar-refractivity contribution < 1.29 is 24.5 Å². The summed E-state index contributed by atoms with van der Waals surface area (Å²) >= 11 is 0. The average Bonchev–Trinajstić information content (AvgIpc) is 3.72. The molecule has 0 bridgehead atoms. The Bertz CT molecular complexity index is 2630. The number of rotatable bonds is 9. The van der Waals surface area contributed by atoms with E-state index < -0.39 is 5.54 Å². The van der Waals surface area contributed by atoms with Gasteiger partial charge in [-0.15, -0.1) is 0 Å². The number of para-hydroxylation sites is 4. The zero-order valence-electron chi connectivity index (χ0n) is 32.6. The molecule has 290 valence electrons. The molecule has 0 saturated carbocycles. The van der Waals surface area contributed by atoms with E-state index in [0.29, 0.717) is 69.5 Å². The highest BCUT2D eigenvalue weighted by Gasteiger charge is 2.52. The molecule has 58 heavy (non-hydrogen) atoms. The van der Waals surface area contributed by atoms with E-state index in [2.05, 4.69) is 5.32 Å². The van der Waals surface area contributed by atoms with Crippen LogP contribution in [0.2, 0.25) is 0 Å². The molecule has 0 aliphatic carbocycles. The maximum absolute atomic E-state index is 13.9. The van der Waals surface area contributed by atoms with Crippen molar-refractivity contribution in [1.82, 2.24) is 29.3 Å². The molecule has 0 radical (unpaired) electrons. The van der Waals surface area contributed by atoms with E-state index in [1.807, 2.05) is 134 Å². The van der Waals surface area contributed by atoms with Gasteiger partial charge in [-0.05, 0) is 74.2 Å². The molecule has 0 spiro atoms. The van der Waals surface area contributed by atoms with Crippen molar-refractivity contribution >= 4 is 28.5 Å². The van der Waals surface area contributed by atoms with Crippen molar-refractivity contribution in [1.29, 1.82) is 0 Å². The number of piperazine rings is 1. The van der Waals surface area contributed by atoms with Crippen LogP contribution in [0.4, 0.5) is 0 Å². The molecular weight excluding hydrogens is 729 g/mol. The molecule has 4 aromatic heterocycles. The van der Waals surface area contributed by atoms with E-state index in [1.54, 1.807) is 17.0 Å². The molecule has 3 N–H and O–H groups in total. The first-order chi connectivity index (χ1) is 28.2. The number of nitrogens with zero attached hydrogens (tertiary/aromatic N) is 5. The fourth-order valence-electron chi connectivity index (χ4n) is 8.47. The van der Waals surface area contributed by atoms with Crippen molar-refractivity contribution in [2.75, 3.05) is 19.6 Å². The van der Waals surface area contributed by atoms with Crippen molar-refractivity contribution in [2.45, 2.75) is 33.2 Å². The molecule has 8 aromatic rings. The zero-order chi connectivity index (χ0) is 40.1. The summed E-state index contributed by atoms with van der Waals surface area (Å²) in [5.74, 6) is 2.01. The van der Waals surface area contributed by atoms with Crippen LogP contribution in [-0.2, 0) is 10.3 Å². The summed E-state index contributed by atoms with van der Waals surface area (Å²) in [6.45, 7) is 9.01. The second-order valence-corrected chi connectivity index (χ2v) is 14.8. The van der Waals surface area contributed by atoms with E-state index in [1.165, 1.54) is 12.4 Å². The number of hydrogen-bond donors (Lipinski definition) is 3. The number of amides is 1. The maximum atomic E-state index is 13.9. The van der Waals surface area contributed by atoms with Gasteiger partial charge in [0.15, 0.2) is 0 Å². The number of carbonyl (C=O) groups is 1. The SMILES string of the molecule is Cc1cccc(C)c1Oc1c(C2(c3c(Oc4c(C)cccc4C)n(-c4ccccc4)c4cc(O)cnc34)CNCCN2C=O)c2ncc(O)cc2n1-c1ccccc1. The first-order valence-electron chi connectivity index (χ1n) is 19.2. The van der Waals surface area contributed by atoms with Crippen LogP contribution in [0.5, 0.6) is 34.8 Å². The molecule has 5 heterocycles. The van der Waals surface area contributed by atoms with Gasteiger partial charge in [0.05, 0.1) is 45.6 Å². The van der Waals surface area contributed by atoms with Gasteiger partial charge in [-0.3, -0.25) is 23.9 Å². The first-order valence-corrected chi connectivity index (χ1v) is 19.2. The highest BCUT2D eigenvalue weighted by atomic mass is 16.5. The highest BCUT2D eigenvalue weighted by molar-refractivity contribution is 5.94. The third-order valence-corrected chi connectivity index (χ3v) is 11.1. The molecule has 1 saturated heterocycles. The summed E-state index contributed by atoms with van der Waals surface area (Å²) in [7, 11) is 0. The normalized spacial score (nSPS) is 13.9. The minimum atomic E-state index is -1.43. The lowest BCUT2D eigenvalue weighted by atomic mass is 9.80. The maximum Gasteiger partial charge on any atom is 0.213 e. The van der Waals surface area contributed by atoms with Gasteiger partial charge in [0.1, 0.15) is 28.5 Å². The summed E-state index contributed by atoms with van der Waals surface area (Å²) < 4.78 is 18.4. The summed E-state index contributed by atoms with van der Waals surface area (Å²) in [6.07, 6.45) is 3.69. The molecule has 1 amide bonds. The summed E-state index contributed by atoms with van der Waals surface area (Å²) in [5, 5.41) is 25.8. The Hall–Kier alpha value is -7.11. The van der Waals surface area contributed by atoms with Gasteiger partial charge in [0.2, 0.25) is 18.2 Å². The Labute approximate surface area is 335 Å². The van der Waals surface area contributed by atoms with E-state index >= 15 is 0 Å². The van der Waals surface area contributed by atoms with Crippen LogP contribution in [0.25, 0.3) is 33.4 Å². The van der Waals surface area contributed by atoms with Gasteiger partial charge >= 0.3 is 0 Å². The van der Waals surface area contributed by atoms with Gasteiger partial charge in [-0.2, -0.15) is 0 Å². The second kappa shape index (κ2) is 14.4. The van der Waals surface area contributed by atoms with Gasteiger partial charge in [-0.1, -0.05) is 72.8 Å². The number of carbonyl (C=O) groups excluding carboxylic acids is 1. The van der Waals surface area contributed by atoms with Crippen LogP contribution >= 0.6 is 0 Å². The Morgan fingerprint density at radius 3 is 1.48 bits per heavy atom. The predicted octanol–water partition coefficient (Wildman–Crippen LogP) is 8.90. The molecule has 1 aliphatic heterocycles. The Kier molecular flexibility index (Phi) is 9.09. The molecular formula is C47H42N6O5. The van der Waals surface area contributed by atoms with Crippen LogP contribution in [-0.4, -0.2) is 60.3 Å². The second-order valence-electron chi connectivity index (χ2n) is 14.8. The number of ether oxygens (including phenoxy) is 2. The van der Waals surface area contributed by atoms with Crippen molar-refractivity contribution in [3.8, 4) is 46.1 Å².